The van der Waals surface area contributed by atoms with Crippen LogP contribution in [0, 0.1) is 0 Å². The minimum atomic E-state index is -3.21. The van der Waals surface area contributed by atoms with Crippen LogP contribution in [0.15, 0.2) is 30.3 Å². The first-order valence-electron chi connectivity index (χ1n) is 11.5. The zero-order valence-corrected chi connectivity index (χ0v) is 19.5. The Hall–Kier alpha value is -2.72. The summed E-state index contributed by atoms with van der Waals surface area (Å²) < 4.78 is 30.9. The Labute approximate surface area is 193 Å². The van der Waals surface area contributed by atoms with E-state index in [0.717, 1.165) is 31.2 Å². The second-order valence-electron chi connectivity index (χ2n) is 9.12. The number of rotatable bonds is 7. The van der Waals surface area contributed by atoms with E-state index in [4.69, 9.17) is 9.72 Å². The first kappa shape index (κ1) is 22.1. The fourth-order valence-corrected chi connectivity index (χ4v) is 5.58. The van der Waals surface area contributed by atoms with Crippen LogP contribution >= 0.6 is 0 Å². The molecular weight excluding hydrogens is 442 g/mol. The van der Waals surface area contributed by atoms with E-state index >= 15 is 0 Å². The number of ether oxygens (including phenoxy) is 1. The number of morpholine rings is 1. The molecule has 3 aliphatic rings. The van der Waals surface area contributed by atoms with Crippen LogP contribution in [0.25, 0.3) is 11.4 Å². The van der Waals surface area contributed by atoms with E-state index in [-0.39, 0.29) is 29.1 Å². The van der Waals surface area contributed by atoms with E-state index in [0.29, 0.717) is 42.8 Å². The molecule has 33 heavy (non-hydrogen) atoms. The summed E-state index contributed by atoms with van der Waals surface area (Å²) in [5.41, 5.74) is 1.94. The van der Waals surface area contributed by atoms with Crippen LogP contribution in [0.2, 0.25) is 0 Å². The van der Waals surface area contributed by atoms with Gasteiger partial charge in [0.1, 0.15) is 5.82 Å². The number of benzene rings is 1. The van der Waals surface area contributed by atoms with Crippen LogP contribution in [0.4, 0.5) is 16.3 Å². The monoisotopic (exact) mass is 471 g/mol. The first-order valence-corrected chi connectivity index (χ1v) is 13.2. The number of urea groups is 1. The second-order valence-corrected chi connectivity index (χ2v) is 11.4. The highest BCUT2D eigenvalue weighted by molar-refractivity contribution is 7.91. The van der Waals surface area contributed by atoms with Crippen molar-refractivity contribution in [3.8, 4) is 11.4 Å². The van der Waals surface area contributed by atoms with Crippen molar-refractivity contribution in [3.63, 3.8) is 0 Å². The maximum Gasteiger partial charge on any atom is 0.319 e. The highest BCUT2D eigenvalue weighted by atomic mass is 32.2. The molecule has 2 amide bonds. The van der Waals surface area contributed by atoms with Crippen molar-refractivity contribution in [2.24, 2.45) is 0 Å². The number of aromatic nitrogens is 2. The molecule has 1 aromatic heterocycles. The van der Waals surface area contributed by atoms with Crippen LogP contribution < -0.4 is 15.5 Å². The number of nitrogens with zero attached hydrogens (tertiary/aromatic N) is 3. The largest absolute Gasteiger partial charge is 0.377 e. The first-order chi connectivity index (χ1) is 15.9. The third kappa shape index (κ3) is 5.44. The highest BCUT2D eigenvalue weighted by Gasteiger charge is 2.36. The molecule has 2 heterocycles. The quantitative estimate of drug-likeness (QED) is 0.638. The van der Waals surface area contributed by atoms with Gasteiger partial charge < -0.3 is 20.3 Å². The van der Waals surface area contributed by atoms with Gasteiger partial charge >= 0.3 is 6.03 Å². The Morgan fingerprint density at radius 3 is 2.58 bits per heavy atom. The van der Waals surface area contributed by atoms with Gasteiger partial charge in [-0.15, -0.1) is 0 Å². The summed E-state index contributed by atoms with van der Waals surface area (Å²) in [5, 5.41) is 5.48. The molecule has 0 bridgehead atoms. The molecule has 5 rings (SSSR count). The SMILES string of the molecule is C[C@H]1COCCN1c1cc(CS(=O)(=O)C2CC2)nc(-c2ccc(NC(=O)NC3CC3)cc2)n1. The number of amides is 2. The van der Waals surface area contributed by atoms with Gasteiger partial charge in [-0.3, -0.25) is 0 Å². The molecule has 2 aromatic rings. The van der Waals surface area contributed by atoms with E-state index in [1.165, 1.54) is 0 Å². The lowest BCUT2D eigenvalue weighted by Gasteiger charge is -2.34. The lowest BCUT2D eigenvalue weighted by Crippen LogP contribution is -2.44. The molecule has 1 aliphatic heterocycles. The van der Waals surface area contributed by atoms with Gasteiger partial charge in [0.05, 0.1) is 36.0 Å². The minimum absolute atomic E-state index is 0.0834. The van der Waals surface area contributed by atoms with E-state index in [2.05, 4.69) is 27.4 Å². The number of hydrogen-bond acceptors (Lipinski definition) is 7. The van der Waals surface area contributed by atoms with Gasteiger partial charge in [0.2, 0.25) is 0 Å². The molecule has 2 aliphatic carbocycles. The highest BCUT2D eigenvalue weighted by Crippen LogP contribution is 2.32. The number of carbonyl (C=O) groups is 1. The lowest BCUT2D eigenvalue weighted by molar-refractivity contribution is 0.0985. The molecule has 3 fully saturated rings. The van der Waals surface area contributed by atoms with Gasteiger partial charge in [0.15, 0.2) is 15.7 Å². The average molecular weight is 472 g/mol. The molecule has 2 saturated carbocycles. The zero-order chi connectivity index (χ0) is 23.0. The summed E-state index contributed by atoms with van der Waals surface area (Å²) >= 11 is 0. The Bertz CT molecular complexity index is 1130. The van der Waals surface area contributed by atoms with Crippen molar-refractivity contribution < 1.29 is 17.9 Å². The van der Waals surface area contributed by atoms with Gasteiger partial charge in [0, 0.05) is 29.9 Å². The summed E-state index contributed by atoms with van der Waals surface area (Å²) in [6, 6.07) is 9.29. The Morgan fingerprint density at radius 2 is 1.91 bits per heavy atom. The molecule has 1 atom stereocenters. The molecule has 0 spiro atoms. The van der Waals surface area contributed by atoms with Crippen molar-refractivity contribution in [1.29, 1.82) is 0 Å². The normalized spacial score (nSPS) is 21.0. The predicted octanol–water partition coefficient (Wildman–Crippen LogP) is 2.73. The van der Waals surface area contributed by atoms with E-state index in [1.807, 2.05) is 12.1 Å². The average Bonchev–Trinajstić information content (AvgIpc) is 3.68. The maximum absolute atomic E-state index is 12.6. The van der Waals surface area contributed by atoms with Crippen molar-refractivity contribution >= 4 is 27.4 Å². The number of anilines is 2. The standard InChI is InChI=1S/C23H29N5O4S/c1-15-13-32-11-10-28(15)21-12-19(14-33(30,31)20-8-9-20)24-22(27-21)16-2-4-17(5-3-16)25-23(29)26-18-6-7-18/h2-5,12,15,18,20H,6-11,13-14H2,1H3,(H2,25,26,29)/t15-/m0/s1. The Balaban J connectivity index is 1.41. The third-order valence-electron chi connectivity index (χ3n) is 6.12. The fraction of sp³-hybridized carbons (Fsp3) is 0.522. The predicted molar refractivity (Wildman–Crippen MR) is 126 cm³/mol. The van der Waals surface area contributed by atoms with E-state index in [9.17, 15) is 13.2 Å². The third-order valence-corrected chi connectivity index (χ3v) is 8.31. The molecule has 176 valence electrons. The summed E-state index contributed by atoms with van der Waals surface area (Å²) in [6.45, 7) is 3.95. The van der Waals surface area contributed by atoms with Crippen LogP contribution in [-0.2, 0) is 20.3 Å². The summed E-state index contributed by atoms with van der Waals surface area (Å²) in [5.74, 6) is 1.10. The molecule has 10 heteroatoms. The van der Waals surface area contributed by atoms with Crippen LogP contribution in [0.5, 0.6) is 0 Å². The van der Waals surface area contributed by atoms with E-state index in [1.54, 1.807) is 18.2 Å². The molecule has 0 unspecified atom stereocenters. The molecule has 1 saturated heterocycles. The molecule has 0 radical (unpaired) electrons. The molecule has 2 N–H and O–H groups in total. The van der Waals surface area contributed by atoms with Crippen LogP contribution in [0.3, 0.4) is 0 Å². The molecule has 9 nitrogen and oxygen atoms in total. The van der Waals surface area contributed by atoms with Gasteiger partial charge in [0.25, 0.3) is 0 Å². The van der Waals surface area contributed by atoms with Crippen molar-refractivity contribution in [1.82, 2.24) is 15.3 Å². The Morgan fingerprint density at radius 1 is 1.15 bits per heavy atom. The van der Waals surface area contributed by atoms with Crippen LogP contribution in [-0.4, -0.2) is 61.5 Å². The topological polar surface area (TPSA) is 114 Å². The second kappa shape index (κ2) is 8.90. The zero-order valence-electron chi connectivity index (χ0n) is 18.7. The van der Waals surface area contributed by atoms with Gasteiger partial charge in [-0.2, -0.15) is 0 Å². The van der Waals surface area contributed by atoms with Crippen molar-refractivity contribution in [3.05, 3.63) is 36.0 Å². The Kier molecular flexibility index (Phi) is 5.96. The number of hydrogen-bond donors (Lipinski definition) is 2. The van der Waals surface area contributed by atoms with Crippen LogP contribution in [0.1, 0.15) is 38.3 Å². The smallest absolute Gasteiger partial charge is 0.319 e. The maximum atomic E-state index is 12.6. The lowest BCUT2D eigenvalue weighted by atomic mass is 10.2. The van der Waals surface area contributed by atoms with E-state index < -0.39 is 9.84 Å². The minimum Gasteiger partial charge on any atom is -0.377 e. The van der Waals surface area contributed by atoms with Gasteiger partial charge in [-0.1, -0.05) is 0 Å². The van der Waals surface area contributed by atoms with Crippen molar-refractivity contribution in [2.75, 3.05) is 30.0 Å². The summed E-state index contributed by atoms with van der Waals surface area (Å²) in [4.78, 5) is 23.5. The number of sulfone groups is 1. The number of carbonyl (C=O) groups excluding carboxylic acids is 1. The van der Waals surface area contributed by atoms with Crippen molar-refractivity contribution in [2.45, 2.75) is 55.7 Å². The number of nitrogens with one attached hydrogen (secondary N) is 2. The molecular formula is C23H29N5O4S. The summed E-state index contributed by atoms with van der Waals surface area (Å²) in [6.07, 6.45) is 3.52. The van der Waals surface area contributed by atoms with Gasteiger partial charge in [-0.05, 0) is 56.9 Å². The van der Waals surface area contributed by atoms with Gasteiger partial charge in [-0.25, -0.2) is 23.2 Å². The fourth-order valence-electron chi connectivity index (χ4n) is 3.93. The summed E-state index contributed by atoms with van der Waals surface area (Å²) in [7, 11) is -3.21. The molecule has 1 aromatic carbocycles.